The van der Waals surface area contributed by atoms with Gasteiger partial charge in [0, 0.05) is 6.07 Å². The Balaban J connectivity index is 2.06. The highest BCUT2D eigenvalue weighted by molar-refractivity contribution is 5.61. The molecule has 0 fully saturated rings. The number of benzene rings is 2. The largest absolute Gasteiger partial charge is 0.493 e. The summed E-state index contributed by atoms with van der Waals surface area (Å²) in [6.07, 6.45) is 0. The molecule has 0 spiro atoms. The standard InChI is InChI=1S/C13H9NO5/c1-17-10-3-2-4-11-13(10)19-9-6-5-8(14(15)16)7-12(9)18-11/h2-7H,1H3. The van der Waals surface area contributed by atoms with E-state index in [0.29, 0.717) is 28.7 Å². The first-order chi connectivity index (χ1) is 9.19. The Morgan fingerprint density at radius 3 is 2.68 bits per heavy atom. The Bertz CT molecular complexity index is 668. The molecule has 96 valence electrons. The Hall–Kier alpha value is -2.76. The quantitative estimate of drug-likeness (QED) is 0.520. The molecule has 0 bridgehead atoms. The molecule has 0 amide bonds. The Morgan fingerprint density at radius 2 is 1.95 bits per heavy atom. The zero-order chi connectivity index (χ0) is 13.4. The van der Waals surface area contributed by atoms with Gasteiger partial charge in [0.05, 0.1) is 18.1 Å². The normalized spacial score (nSPS) is 11.6. The molecule has 1 heterocycles. The van der Waals surface area contributed by atoms with E-state index in [1.807, 2.05) is 0 Å². The second kappa shape index (κ2) is 4.16. The van der Waals surface area contributed by atoms with Crippen LogP contribution >= 0.6 is 0 Å². The fourth-order valence-corrected chi connectivity index (χ4v) is 1.84. The predicted octanol–water partition coefficient (Wildman–Crippen LogP) is 3.50. The van der Waals surface area contributed by atoms with Gasteiger partial charge in [0.25, 0.3) is 5.69 Å². The van der Waals surface area contributed by atoms with Crippen molar-refractivity contribution in [1.82, 2.24) is 0 Å². The molecule has 6 heteroatoms. The highest BCUT2D eigenvalue weighted by atomic mass is 16.6. The van der Waals surface area contributed by atoms with Crippen LogP contribution in [0.15, 0.2) is 36.4 Å². The molecule has 0 aliphatic carbocycles. The van der Waals surface area contributed by atoms with E-state index in [0.717, 1.165) is 0 Å². The lowest BCUT2D eigenvalue weighted by atomic mass is 10.2. The van der Waals surface area contributed by atoms with E-state index in [9.17, 15) is 10.1 Å². The van der Waals surface area contributed by atoms with Gasteiger partial charge in [0.2, 0.25) is 5.75 Å². The number of fused-ring (bicyclic) bond motifs is 2. The smallest absolute Gasteiger partial charge is 0.273 e. The number of nitro groups is 1. The molecule has 2 aromatic rings. The maximum absolute atomic E-state index is 10.7. The van der Waals surface area contributed by atoms with Crippen molar-refractivity contribution in [3.05, 3.63) is 46.5 Å². The van der Waals surface area contributed by atoms with E-state index >= 15 is 0 Å². The van der Waals surface area contributed by atoms with Gasteiger partial charge in [-0.05, 0) is 18.2 Å². The molecule has 6 nitrogen and oxygen atoms in total. The van der Waals surface area contributed by atoms with Crippen LogP contribution in [0, 0.1) is 10.1 Å². The molecule has 0 aromatic heterocycles. The van der Waals surface area contributed by atoms with Gasteiger partial charge >= 0.3 is 0 Å². The number of methoxy groups -OCH3 is 1. The van der Waals surface area contributed by atoms with Crippen molar-refractivity contribution in [3.8, 4) is 28.7 Å². The van der Waals surface area contributed by atoms with Crippen LogP contribution in [0.5, 0.6) is 28.7 Å². The minimum absolute atomic E-state index is 0.0475. The molecule has 0 saturated heterocycles. The van der Waals surface area contributed by atoms with Crippen molar-refractivity contribution in [2.24, 2.45) is 0 Å². The topological polar surface area (TPSA) is 70.8 Å². The molecule has 1 aliphatic rings. The molecule has 1 aliphatic heterocycles. The fourth-order valence-electron chi connectivity index (χ4n) is 1.84. The molecular weight excluding hydrogens is 250 g/mol. The van der Waals surface area contributed by atoms with E-state index in [4.69, 9.17) is 14.2 Å². The summed E-state index contributed by atoms with van der Waals surface area (Å²) in [5, 5.41) is 10.7. The average Bonchev–Trinajstić information content (AvgIpc) is 2.43. The first-order valence-electron chi connectivity index (χ1n) is 5.50. The number of hydrogen-bond donors (Lipinski definition) is 0. The van der Waals surface area contributed by atoms with Crippen molar-refractivity contribution < 1.29 is 19.1 Å². The fraction of sp³-hybridized carbons (Fsp3) is 0.0769. The van der Waals surface area contributed by atoms with Gasteiger partial charge in [-0.25, -0.2) is 0 Å². The van der Waals surface area contributed by atoms with Crippen LogP contribution in [0.25, 0.3) is 0 Å². The predicted molar refractivity (Wildman–Crippen MR) is 66.2 cm³/mol. The third-order valence-corrected chi connectivity index (χ3v) is 2.73. The Labute approximate surface area is 108 Å². The first kappa shape index (κ1) is 11.3. The maximum Gasteiger partial charge on any atom is 0.273 e. The molecule has 0 atom stereocenters. The van der Waals surface area contributed by atoms with E-state index < -0.39 is 4.92 Å². The van der Waals surface area contributed by atoms with Crippen LogP contribution in [0.3, 0.4) is 0 Å². The van der Waals surface area contributed by atoms with Gasteiger partial charge in [-0.1, -0.05) is 6.07 Å². The van der Waals surface area contributed by atoms with Crippen LogP contribution in [0.1, 0.15) is 0 Å². The van der Waals surface area contributed by atoms with Crippen LogP contribution in [-0.4, -0.2) is 12.0 Å². The molecule has 0 N–H and O–H groups in total. The van der Waals surface area contributed by atoms with Gasteiger partial charge in [0.15, 0.2) is 23.0 Å². The van der Waals surface area contributed by atoms with Gasteiger partial charge in [0.1, 0.15) is 0 Å². The molecular formula is C13H9NO5. The van der Waals surface area contributed by atoms with Crippen molar-refractivity contribution in [3.63, 3.8) is 0 Å². The van der Waals surface area contributed by atoms with E-state index in [1.165, 1.54) is 25.3 Å². The van der Waals surface area contributed by atoms with E-state index in [-0.39, 0.29) is 5.69 Å². The van der Waals surface area contributed by atoms with Crippen molar-refractivity contribution in [2.75, 3.05) is 7.11 Å². The summed E-state index contributed by atoms with van der Waals surface area (Å²) in [7, 11) is 1.53. The number of hydrogen-bond acceptors (Lipinski definition) is 5. The Kier molecular flexibility index (Phi) is 2.49. The molecule has 0 saturated carbocycles. The first-order valence-corrected chi connectivity index (χ1v) is 5.50. The van der Waals surface area contributed by atoms with Gasteiger partial charge in [-0.15, -0.1) is 0 Å². The lowest BCUT2D eigenvalue weighted by molar-refractivity contribution is -0.384. The van der Waals surface area contributed by atoms with Crippen LogP contribution in [-0.2, 0) is 0 Å². The SMILES string of the molecule is COc1cccc2c1Oc1ccc([N+](=O)[O-])cc1O2. The average molecular weight is 259 g/mol. The zero-order valence-corrected chi connectivity index (χ0v) is 9.95. The number of non-ortho nitro benzene ring substituents is 1. The highest BCUT2D eigenvalue weighted by Crippen LogP contribution is 2.50. The second-order valence-corrected chi connectivity index (χ2v) is 3.88. The van der Waals surface area contributed by atoms with Crippen LogP contribution in [0.2, 0.25) is 0 Å². The highest BCUT2D eigenvalue weighted by Gasteiger charge is 2.24. The number of nitrogens with zero attached hydrogens (tertiary/aromatic N) is 1. The minimum Gasteiger partial charge on any atom is -0.493 e. The summed E-state index contributed by atoms with van der Waals surface area (Å²) < 4.78 is 16.4. The number of rotatable bonds is 2. The molecule has 0 unspecified atom stereocenters. The van der Waals surface area contributed by atoms with Gasteiger partial charge < -0.3 is 14.2 Å². The minimum atomic E-state index is -0.481. The monoisotopic (exact) mass is 259 g/mol. The van der Waals surface area contributed by atoms with Crippen LogP contribution in [0.4, 0.5) is 5.69 Å². The number of para-hydroxylation sites is 1. The third-order valence-electron chi connectivity index (χ3n) is 2.73. The molecule has 3 rings (SSSR count). The summed E-state index contributed by atoms with van der Waals surface area (Å²) in [4.78, 5) is 10.2. The lowest BCUT2D eigenvalue weighted by Crippen LogP contribution is -2.01. The second-order valence-electron chi connectivity index (χ2n) is 3.88. The molecule has 2 aromatic carbocycles. The van der Waals surface area contributed by atoms with E-state index in [1.54, 1.807) is 18.2 Å². The van der Waals surface area contributed by atoms with Crippen molar-refractivity contribution in [1.29, 1.82) is 0 Å². The summed E-state index contributed by atoms with van der Waals surface area (Å²) >= 11 is 0. The molecule has 0 radical (unpaired) electrons. The lowest BCUT2D eigenvalue weighted by Gasteiger charge is -2.21. The van der Waals surface area contributed by atoms with Crippen molar-refractivity contribution in [2.45, 2.75) is 0 Å². The van der Waals surface area contributed by atoms with E-state index in [2.05, 4.69) is 0 Å². The van der Waals surface area contributed by atoms with Crippen LogP contribution < -0.4 is 14.2 Å². The van der Waals surface area contributed by atoms with Gasteiger partial charge in [-0.3, -0.25) is 10.1 Å². The van der Waals surface area contributed by atoms with Gasteiger partial charge in [-0.2, -0.15) is 0 Å². The van der Waals surface area contributed by atoms with Crippen molar-refractivity contribution >= 4 is 5.69 Å². The summed E-state index contributed by atoms with van der Waals surface area (Å²) in [5.74, 6) is 2.21. The molecule has 19 heavy (non-hydrogen) atoms. The summed E-state index contributed by atoms with van der Waals surface area (Å²) in [6.45, 7) is 0. The zero-order valence-electron chi connectivity index (χ0n) is 9.95. The maximum atomic E-state index is 10.7. The third kappa shape index (κ3) is 1.83. The summed E-state index contributed by atoms with van der Waals surface area (Å²) in [6, 6.07) is 9.41. The number of ether oxygens (including phenoxy) is 3. The number of nitro benzene ring substituents is 1. The Morgan fingerprint density at radius 1 is 1.11 bits per heavy atom. The summed E-state index contributed by atoms with van der Waals surface area (Å²) in [5.41, 5.74) is -0.0475.